The fourth-order valence-electron chi connectivity index (χ4n) is 1.57. The number of nitrogens with two attached hydrogens (primary N) is 1. The Bertz CT molecular complexity index is 529. The molecule has 1 aromatic rings. The van der Waals surface area contributed by atoms with Gasteiger partial charge in [0.1, 0.15) is 0 Å². The van der Waals surface area contributed by atoms with Crippen LogP contribution in [0, 0.1) is 0 Å². The minimum atomic E-state index is -3.29. The van der Waals surface area contributed by atoms with Gasteiger partial charge in [0, 0.05) is 18.8 Å². The number of anilines is 1. The molecule has 0 aliphatic carbocycles. The van der Waals surface area contributed by atoms with Crippen LogP contribution in [0.2, 0.25) is 0 Å². The average Bonchev–Trinajstić information content (AvgIpc) is 2.28. The first-order valence-electron chi connectivity index (χ1n) is 6.01. The lowest BCUT2D eigenvalue weighted by atomic mass is 10.1. The molecule has 0 saturated heterocycles. The zero-order valence-corrected chi connectivity index (χ0v) is 11.7. The van der Waals surface area contributed by atoms with Gasteiger partial charge in [-0.2, -0.15) is 0 Å². The van der Waals surface area contributed by atoms with Crippen molar-refractivity contribution >= 4 is 21.6 Å². The van der Waals surface area contributed by atoms with Crippen molar-refractivity contribution < 1.29 is 13.2 Å². The van der Waals surface area contributed by atoms with Crippen molar-refractivity contribution in [1.29, 1.82) is 0 Å². The summed E-state index contributed by atoms with van der Waals surface area (Å²) in [7, 11) is -3.29. The van der Waals surface area contributed by atoms with Crippen LogP contribution in [0.25, 0.3) is 0 Å². The lowest BCUT2D eigenvalue weighted by molar-refractivity contribution is -0.120. The van der Waals surface area contributed by atoms with E-state index in [-0.39, 0.29) is 24.6 Å². The van der Waals surface area contributed by atoms with Crippen molar-refractivity contribution in [3.63, 3.8) is 0 Å². The molecule has 0 radical (unpaired) electrons. The molecular weight excluding hydrogens is 266 g/mol. The highest BCUT2D eigenvalue weighted by molar-refractivity contribution is 7.89. The molecule has 0 unspecified atom stereocenters. The molecule has 0 saturated carbocycles. The van der Waals surface area contributed by atoms with Crippen LogP contribution in [0.4, 0.5) is 5.69 Å². The van der Waals surface area contributed by atoms with Crippen molar-refractivity contribution in [3.8, 4) is 0 Å². The molecule has 0 bridgehead atoms. The Labute approximate surface area is 113 Å². The smallest absolute Gasteiger partial charge is 0.224 e. The third-order valence-corrected chi connectivity index (χ3v) is 3.84. The van der Waals surface area contributed by atoms with Gasteiger partial charge < -0.3 is 11.1 Å². The number of hydrogen-bond donors (Lipinski definition) is 3. The van der Waals surface area contributed by atoms with E-state index in [0.29, 0.717) is 12.2 Å². The maximum atomic E-state index is 11.6. The third kappa shape index (κ3) is 6.21. The number of carbonyl (C=O) groups excluding carboxylic acids is 1. The molecule has 4 N–H and O–H groups in total. The highest BCUT2D eigenvalue weighted by Gasteiger charge is 2.09. The number of rotatable bonds is 7. The van der Waals surface area contributed by atoms with Gasteiger partial charge in [-0.05, 0) is 17.7 Å². The summed E-state index contributed by atoms with van der Waals surface area (Å²) in [5.74, 6) is -0.346. The number of hydrogen-bond acceptors (Lipinski definition) is 4. The molecule has 7 heteroatoms. The molecule has 106 valence electrons. The molecular formula is C12H19N3O3S. The van der Waals surface area contributed by atoms with Crippen LogP contribution in [0.3, 0.4) is 0 Å². The van der Waals surface area contributed by atoms with Crippen LogP contribution in [0.15, 0.2) is 24.3 Å². The number of sulfonamides is 1. The lowest BCUT2D eigenvalue weighted by Crippen LogP contribution is -2.34. The first-order chi connectivity index (χ1) is 8.93. The van der Waals surface area contributed by atoms with Gasteiger partial charge in [0.05, 0.1) is 12.2 Å². The molecule has 0 aliphatic rings. The molecule has 1 rings (SSSR count). The highest BCUT2D eigenvalue weighted by Crippen LogP contribution is 2.06. The summed E-state index contributed by atoms with van der Waals surface area (Å²) in [4.78, 5) is 11.6. The zero-order chi connectivity index (χ0) is 14.3. The van der Waals surface area contributed by atoms with Gasteiger partial charge in [-0.25, -0.2) is 13.1 Å². The number of amides is 1. The molecule has 19 heavy (non-hydrogen) atoms. The number of nitrogens with one attached hydrogen (secondary N) is 2. The Hall–Kier alpha value is -1.60. The van der Waals surface area contributed by atoms with E-state index in [9.17, 15) is 13.2 Å². The Morgan fingerprint density at radius 3 is 2.74 bits per heavy atom. The van der Waals surface area contributed by atoms with E-state index in [1.807, 2.05) is 0 Å². The van der Waals surface area contributed by atoms with Gasteiger partial charge in [-0.1, -0.05) is 19.1 Å². The molecule has 0 fully saturated rings. The fraction of sp³-hybridized carbons (Fsp3) is 0.417. The first-order valence-corrected chi connectivity index (χ1v) is 7.66. The van der Waals surface area contributed by atoms with Gasteiger partial charge in [-0.3, -0.25) is 4.79 Å². The summed E-state index contributed by atoms with van der Waals surface area (Å²) in [6, 6.07) is 7.03. The van der Waals surface area contributed by atoms with E-state index in [1.54, 1.807) is 31.2 Å². The van der Waals surface area contributed by atoms with E-state index < -0.39 is 10.0 Å². The molecule has 0 aromatic heterocycles. The Kier molecular flexibility index (Phi) is 5.78. The zero-order valence-electron chi connectivity index (χ0n) is 10.8. The summed E-state index contributed by atoms with van der Waals surface area (Å²) in [6.07, 6.45) is 0.187. The third-order valence-electron chi connectivity index (χ3n) is 2.37. The van der Waals surface area contributed by atoms with E-state index in [4.69, 9.17) is 5.73 Å². The molecule has 1 aromatic carbocycles. The summed E-state index contributed by atoms with van der Waals surface area (Å²) >= 11 is 0. The maximum Gasteiger partial charge on any atom is 0.224 e. The molecule has 0 atom stereocenters. The Morgan fingerprint density at radius 1 is 1.37 bits per heavy atom. The van der Waals surface area contributed by atoms with E-state index in [2.05, 4.69) is 10.0 Å². The van der Waals surface area contributed by atoms with Gasteiger partial charge in [-0.15, -0.1) is 0 Å². The van der Waals surface area contributed by atoms with Crippen LogP contribution in [0.5, 0.6) is 0 Å². The molecule has 0 heterocycles. The highest BCUT2D eigenvalue weighted by atomic mass is 32.2. The fourth-order valence-corrected chi connectivity index (χ4v) is 2.52. The van der Waals surface area contributed by atoms with E-state index in [1.165, 1.54) is 0 Å². The van der Waals surface area contributed by atoms with Gasteiger partial charge in [0.2, 0.25) is 15.9 Å². The van der Waals surface area contributed by atoms with Crippen molar-refractivity contribution in [1.82, 2.24) is 10.0 Å². The van der Waals surface area contributed by atoms with Crippen LogP contribution >= 0.6 is 0 Å². The minimum absolute atomic E-state index is 0.0937. The first kappa shape index (κ1) is 15.5. The van der Waals surface area contributed by atoms with Crippen molar-refractivity contribution in [3.05, 3.63) is 29.8 Å². The normalized spacial score (nSPS) is 11.2. The second-order valence-corrected chi connectivity index (χ2v) is 6.01. The van der Waals surface area contributed by atoms with Crippen LogP contribution in [-0.4, -0.2) is 33.2 Å². The number of benzene rings is 1. The number of nitrogen functional groups attached to an aromatic ring is 1. The van der Waals surface area contributed by atoms with Crippen LogP contribution < -0.4 is 15.8 Å². The van der Waals surface area contributed by atoms with E-state index in [0.717, 1.165) is 5.56 Å². The second-order valence-electron chi connectivity index (χ2n) is 4.09. The van der Waals surface area contributed by atoms with Crippen molar-refractivity contribution in [2.45, 2.75) is 13.3 Å². The summed E-state index contributed by atoms with van der Waals surface area (Å²) in [6.45, 7) is 2.14. The van der Waals surface area contributed by atoms with Gasteiger partial charge >= 0.3 is 0 Å². The average molecular weight is 285 g/mol. The van der Waals surface area contributed by atoms with Gasteiger partial charge in [0.25, 0.3) is 0 Å². The molecule has 1 amide bonds. The molecule has 6 nitrogen and oxygen atoms in total. The quantitative estimate of drug-likeness (QED) is 0.607. The minimum Gasteiger partial charge on any atom is -0.399 e. The molecule has 0 spiro atoms. The van der Waals surface area contributed by atoms with Gasteiger partial charge in [0.15, 0.2) is 0 Å². The summed E-state index contributed by atoms with van der Waals surface area (Å²) in [5, 5.41) is 2.57. The number of carbonyl (C=O) groups is 1. The second kappa shape index (κ2) is 7.10. The standard InChI is InChI=1S/C12H19N3O3S/c1-2-15-19(17,18)7-6-14-12(16)9-10-4-3-5-11(13)8-10/h3-5,8,15H,2,6-7,9,13H2,1H3,(H,14,16). The van der Waals surface area contributed by atoms with Crippen LogP contribution in [0.1, 0.15) is 12.5 Å². The topological polar surface area (TPSA) is 101 Å². The predicted octanol–water partition coefficient (Wildman–Crippen LogP) is -0.133. The van der Waals surface area contributed by atoms with Crippen LogP contribution in [-0.2, 0) is 21.2 Å². The van der Waals surface area contributed by atoms with Crippen molar-refractivity contribution in [2.75, 3.05) is 24.6 Å². The van der Waals surface area contributed by atoms with Crippen molar-refractivity contribution in [2.24, 2.45) is 0 Å². The summed E-state index contributed by atoms with van der Waals surface area (Å²) < 4.78 is 25.0. The predicted molar refractivity (Wildman–Crippen MR) is 75.0 cm³/mol. The summed E-state index contributed by atoms with van der Waals surface area (Å²) in [5.41, 5.74) is 7.00. The Balaban J connectivity index is 2.37. The maximum absolute atomic E-state index is 11.6. The largest absolute Gasteiger partial charge is 0.399 e. The monoisotopic (exact) mass is 285 g/mol. The van der Waals surface area contributed by atoms with E-state index >= 15 is 0 Å². The molecule has 0 aliphatic heterocycles. The SMILES string of the molecule is CCNS(=O)(=O)CCNC(=O)Cc1cccc(N)c1. The lowest BCUT2D eigenvalue weighted by Gasteiger charge is -2.07. The Morgan fingerprint density at radius 2 is 2.11 bits per heavy atom.